The van der Waals surface area contributed by atoms with Crippen LogP contribution < -0.4 is 32.2 Å². The molecule has 0 amide bonds. The van der Waals surface area contributed by atoms with E-state index in [1.165, 1.54) is 38.5 Å². The predicted molar refractivity (Wildman–Crippen MR) is 152 cm³/mol. The second-order valence-corrected chi connectivity index (χ2v) is 10.3. The number of rotatable bonds is 21. The number of nitrogens with one attached hydrogen (secondary N) is 2. The molecule has 0 aliphatic heterocycles. The Labute approximate surface area is 242 Å². The van der Waals surface area contributed by atoms with Gasteiger partial charge in [-0.1, -0.05) is 99.4 Å². The zero-order valence-electron chi connectivity index (χ0n) is 23.9. The highest BCUT2D eigenvalue weighted by atomic mass is 16.7. The molecule has 0 saturated heterocycles. The molecule has 0 unspecified atom stereocenters. The summed E-state index contributed by atoms with van der Waals surface area (Å²) in [4.78, 5) is 82.3. The Hall–Kier alpha value is -4.10. The Morgan fingerprint density at radius 3 is 1.05 bits per heavy atom. The third kappa shape index (κ3) is 13.5. The monoisotopic (exact) mass is 594 g/mol. The highest BCUT2D eigenvalue weighted by Gasteiger charge is 2.12. The fraction of sp³-hybridized carbons (Fsp3) is 0.643. The van der Waals surface area contributed by atoms with Gasteiger partial charge >= 0.3 is 23.3 Å². The zero-order chi connectivity index (χ0) is 30.7. The molecule has 4 N–H and O–H groups in total. The van der Waals surface area contributed by atoms with Gasteiger partial charge in [0.2, 0.25) is 11.8 Å². The van der Waals surface area contributed by atoms with Gasteiger partial charge in [-0.15, -0.1) is 0 Å². The van der Waals surface area contributed by atoms with Crippen molar-refractivity contribution in [3.63, 3.8) is 0 Å². The molecule has 42 heavy (non-hydrogen) atoms. The molecule has 0 aliphatic carbocycles. The molecule has 0 aliphatic rings. The van der Waals surface area contributed by atoms with Crippen LogP contribution >= 0.6 is 0 Å². The standard InChI is InChI=1S/C28H42N4O10/c33-21-19-23(35)31(27(39)29-21)41-25(37)17-15-13-11-9-7-5-3-1-2-4-6-8-10-12-14-16-18-26(38)42-32-24(36)20-22(34)30-28(32)40/h19-20,35-36H,1-18H2,(H,29,33,39)(H,30,34,40). The van der Waals surface area contributed by atoms with Gasteiger partial charge in [0, 0.05) is 12.8 Å². The lowest BCUT2D eigenvalue weighted by molar-refractivity contribution is -0.146. The Kier molecular flexibility index (Phi) is 15.5. The molecular formula is C28H42N4O10. The van der Waals surface area contributed by atoms with Crippen LogP contribution in [-0.4, -0.2) is 41.6 Å². The van der Waals surface area contributed by atoms with Gasteiger partial charge in [-0.3, -0.25) is 19.6 Å². The normalized spacial score (nSPS) is 11.0. The van der Waals surface area contributed by atoms with E-state index in [-0.39, 0.29) is 12.8 Å². The van der Waals surface area contributed by atoms with Gasteiger partial charge in [-0.2, -0.15) is 0 Å². The van der Waals surface area contributed by atoms with Gasteiger partial charge in [-0.25, -0.2) is 19.2 Å². The van der Waals surface area contributed by atoms with Crippen LogP contribution in [-0.2, 0) is 9.59 Å². The predicted octanol–water partition coefficient (Wildman–Crippen LogP) is 2.43. The molecule has 234 valence electrons. The Balaban J connectivity index is 1.34. The first-order chi connectivity index (χ1) is 20.2. The molecule has 2 heterocycles. The van der Waals surface area contributed by atoms with Gasteiger partial charge in [0.05, 0.1) is 12.1 Å². The number of aromatic hydroxyl groups is 2. The summed E-state index contributed by atoms with van der Waals surface area (Å²) >= 11 is 0. The van der Waals surface area contributed by atoms with Crippen molar-refractivity contribution < 1.29 is 29.5 Å². The van der Waals surface area contributed by atoms with E-state index in [1.807, 2.05) is 9.97 Å². The maximum Gasteiger partial charge on any atom is 0.365 e. The minimum absolute atomic E-state index is 0.120. The molecule has 14 nitrogen and oxygen atoms in total. The average Bonchev–Trinajstić information content (AvgIpc) is 2.92. The summed E-state index contributed by atoms with van der Waals surface area (Å²) in [5.41, 5.74) is -3.56. The van der Waals surface area contributed by atoms with Crippen molar-refractivity contribution in [2.75, 3.05) is 0 Å². The van der Waals surface area contributed by atoms with Crippen LogP contribution in [0.2, 0.25) is 0 Å². The van der Waals surface area contributed by atoms with E-state index >= 15 is 0 Å². The fourth-order valence-electron chi connectivity index (χ4n) is 4.43. The zero-order valence-corrected chi connectivity index (χ0v) is 23.9. The van der Waals surface area contributed by atoms with Crippen molar-refractivity contribution in [2.24, 2.45) is 0 Å². The number of carbonyl (C=O) groups excluding carboxylic acids is 2. The summed E-state index contributed by atoms with van der Waals surface area (Å²) in [6, 6.07) is 1.51. The van der Waals surface area contributed by atoms with Crippen LogP contribution in [0, 0.1) is 0 Å². The molecule has 0 bridgehead atoms. The number of nitrogens with zero attached hydrogens (tertiary/aromatic N) is 2. The lowest BCUT2D eigenvalue weighted by Gasteiger charge is -2.07. The topological polar surface area (TPSA) is 203 Å². The van der Waals surface area contributed by atoms with Crippen molar-refractivity contribution in [2.45, 2.75) is 116 Å². The first-order valence-electron chi connectivity index (χ1n) is 14.7. The van der Waals surface area contributed by atoms with Crippen molar-refractivity contribution >= 4 is 11.9 Å². The number of aromatic nitrogens is 4. The summed E-state index contributed by atoms with van der Waals surface area (Å²) in [6.07, 6.45) is 17.0. The molecule has 0 atom stereocenters. The van der Waals surface area contributed by atoms with Gasteiger partial charge in [0.1, 0.15) is 0 Å². The summed E-state index contributed by atoms with van der Waals surface area (Å²) in [5.74, 6) is -2.75. The highest BCUT2D eigenvalue weighted by molar-refractivity contribution is 5.70. The van der Waals surface area contributed by atoms with E-state index in [1.54, 1.807) is 0 Å². The SMILES string of the molecule is O=C(CCCCCCCCCCCCCCCCCCC(=O)On1c(O)cc(=O)[nH]c1=O)On1c(O)cc(=O)[nH]c1=O. The molecule has 2 aromatic heterocycles. The van der Waals surface area contributed by atoms with Gasteiger partial charge in [0.25, 0.3) is 11.1 Å². The largest absolute Gasteiger partial charge is 0.492 e. The van der Waals surface area contributed by atoms with Crippen LogP contribution in [0.4, 0.5) is 0 Å². The number of carbonyl (C=O) groups is 2. The highest BCUT2D eigenvalue weighted by Crippen LogP contribution is 2.14. The molecule has 0 aromatic carbocycles. The van der Waals surface area contributed by atoms with Crippen LogP contribution in [0.25, 0.3) is 0 Å². The van der Waals surface area contributed by atoms with Crippen molar-refractivity contribution in [1.82, 2.24) is 19.4 Å². The smallest absolute Gasteiger partial charge is 0.365 e. The van der Waals surface area contributed by atoms with E-state index in [0.717, 1.165) is 63.5 Å². The summed E-state index contributed by atoms with van der Waals surface area (Å²) in [5, 5.41) is 19.1. The van der Waals surface area contributed by atoms with Crippen LogP contribution in [0.5, 0.6) is 11.8 Å². The van der Waals surface area contributed by atoms with E-state index in [0.29, 0.717) is 22.3 Å². The minimum Gasteiger partial charge on any atom is -0.492 e. The number of hydrogen-bond acceptors (Lipinski definition) is 10. The molecule has 0 spiro atoms. The first kappa shape index (κ1) is 34.1. The molecular weight excluding hydrogens is 552 g/mol. The molecule has 14 heteroatoms. The van der Waals surface area contributed by atoms with Crippen LogP contribution in [0.1, 0.15) is 116 Å². The van der Waals surface area contributed by atoms with Crippen molar-refractivity contribution in [1.29, 1.82) is 0 Å². The molecule has 2 aromatic rings. The lowest BCUT2D eigenvalue weighted by atomic mass is 10.0. The lowest BCUT2D eigenvalue weighted by Crippen LogP contribution is -2.35. The second kappa shape index (κ2) is 19.1. The number of H-pyrrole nitrogens is 2. The molecule has 0 fully saturated rings. The molecule has 0 saturated carbocycles. The maximum atomic E-state index is 11.8. The van der Waals surface area contributed by atoms with Gasteiger partial charge < -0.3 is 19.9 Å². The van der Waals surface area contributed by atoms with E-state index < -0.39 is 46.2 Å². The van der Waals surface area contributed by atoms with E-state index in [4.69, 9.17) is 9.68 Å². The van der Waals surface area contributed by atoms with Crippen LogP contribution in [0.3, 0.4) is 0 Å². The van der Waals surface area contributed by atoms with Crippen molar-refractivity contribution in [3.8, 4) is 11.8 Å². The molecule has 0 radical (unpaired) electrons. The number of hydrogen-bond donors (Lipinski definition) is 4. The number of aromatic amines is 2. The third-order valence-corrected chi connectivity index (χ3v) is 6.66. The Morgan fingerprint density at radius 2 is 0.786 bits per heavy atom. The van der Waals surface area contributed by atoms with Crippen LogP contribution in [0.15, 0.2) is 31.3 Å². The Bertz CT molecular complexity index is 1250. The van der Waals surface area contributed by atoms with Gasteiger partial charge in [-0.05, 0) is 12.8 Å². The van der Waals surface area contributed by atoms with Crippen molar-refractivity contribution in [3.05, 3.63) is 53.8 Å². The van der Waals surface area contributed by atoms with Gasteiger partial charge in [0.15, 0.2) is 0 Å². The minimum atomic E-state index is -1.01. The average molecular weight is 595 g/mol. The van der Waals surface area contributed by atoms with E-state index in [2.05, 4.69) is 0 Å². The second-order valence-electron chi connectivity index (χ2n) is 10.3. The summed E-state index contributed by atoms with van der Waals surface area (Å²) in [7, 11) is 0. The quantitative estimate of drug-likeness (QED) is 0.155. The maximum absolute atomic E-state index is 11.8. The Morgan fingerprint density at radius 1 is 0.524 bits per heavy atom. The van der Waals surface area contributed by atoms with E-state index in [9.17, 15) is 39.0 Å². The molecule has 2 rings (SSSR count). The fourth-order valence-corrected chi connectivity index (χ4v) is 4.43. The summed E-state index contributed by atoms with van der Waals surface area (Å²) < 4.78 is 0.739. The first-order valence-corrected chi connectivity index (χ1v) is 14.7. The third-order valence-electron chi connectivity index (χ3n) is 6.66. The number of unbranched alkanes of at least 4 members (excludes halogenated alkanes) is 15. The summed E-state index contributed by atoms with van der Waals surface area (Å²) in [6.45, 7) is 0.